The molecule has 0 saturated carbocycles. The highest BCUT2D eigenvalue weighted by Crippen LogP contribution is 2.14. The third kappa shape index (κ3) is 4.04. The third-order valence-electron chi connectivity index (χ3n) is 3.79. The van der Waals surface area contributed by atoms with E-state index in [1.54, 1.807) is 13.3 Å². The summed E-state index contributed by atoms with van der Waals surface area (Å²) < 4.78 is 0. The minimum atomic E-state index is -0.0132. The minimum absolute atomic E-state index is 0.0132. The Morgan fingerprint density at radius 2 is 1.64 bits per heavy atom. The normalized spacial score (nSPS) is 10.9. The van der Waals surface area contributed by atoms with Crippen molar-refractivity contribution in [1.82, 2.24) is 5.01 Å². The van der Waals surface area contributed by atoms with Crippen molar-refractivity contribution >= 4 is 12.1 Å². The minimum Gasteiger partial charge on any atom is -0.273 e. The van der Waals surface area contributed by atoms with E-state index in [4.69, 9.17) is 0 Å². The molecule has 2 rings (SSSR count). The van der Waals surface area contributed by atoms with E-state index in [0.29, 0.717) is 6.42 Å². The van der Waals surface area contributed by atoms with E-state index < -0.39 is 0 Å². The fourth-order valence-electron chi connectivity index (χ4n) is 2.26. The summed E-state index contributed by atoms with van der Waals surface area (Å²) in [6, 6.07) is 14.1. The molecule has 3 nitrogen and oxygen atoms in total. The smallest absolute Gasteiger partial charge is 0.246 e. The molecule has 0 saturated heterocycles. The molecule has 0 bridgehead atoms. The third-order valence-corrected chi connectivity index (χ3v) is 3.79. The zero-order valence-corrected chi connectivity index (χ0v) is 13.6. The van der Waals surface area contributed by atoms with E-state index >= 15 is 0 Å². The summed E-state index contributed by atoms with van der Waals surface area (Å²) in [5, 5.41) is 5.65. The fourth-order valence-corrected chi connectivity index (χ4v) is 2.26. The Hall–Kier alpha value is -2.42. The summed E-state index contributed by atoms with van der Waals surface area (Å²) in [5.41, 5.74) is 5.56. The van der Waals surface area contributed by atoms with Gasteiger partial charge in [-0.2, -0.15) is 5.10 Å². The lowest BCUT2D eigenvalue weighted by atomic mass is 10.00. The Morgan fingerprint density at radius 3 is 2.23 bits per heavy atom. The molecule has 0 aliphatic rings. The number of carbonyl (C=O) groups is 1. The summed E-state index contributed by atoms with van der Waals surface area (Å²) in [6.07, 6.45) is 2.09. The summed E-state index contributed by atoms with van der Waals surface area (Å²) >= 11 is 0. The van der Waals surface area contributed by atoms with E-state index in [1.165, 1.54) is 10.6 Å². The summed E-state index contributed by atoms with van der Waals surface area (Å²) in [6.45, 7) is 6.11. The van der Waals surface area contributed by atoms with Crippen molar-refractivity contribution in [3.63, 3.8) is 0 Å². The van der Waals surface area contributed by atoms with Crippen LogP contribution >= 0.6 is 0 Å². The number of rotatable bonds is 4. The van der Waals surface area contributed by atoms with Crippen LogP contribution in [-0.2, 0) is 11.2 Å². The Labute approximate surface area is 132 Å². The number of amides is 1. The largest absolute Gasteiger partial charge is 0.273 e. The maximum absolute atomic E-state index is 12.3. The quantitative estimate of drug-likeness (QED) is 0.626. The van der Waals surface area contributed by atoms with Crippen molar-refractivity contribution in [1.29, 1.82) is 0 Å². The highest BCUT2D eigenvalue weighted by molar-refractivity contribution is 5.83. The van der Waals surface area contributed by atoms with Gasteiger partial charge in [-0.05, 0) is 43.0 Å². The topological polar surface area (TPSA) is 32.7 Å². The maximum Gasteiger partial charge on any atom is 0.246 e. The highest BCUT2D eigenvalue weighted by Gasteiger charge is 2.11. The lowest BCUT2D eigenvalue weighted by molar-refractivity contribution is -0.129. The van der Waals surface area contributed by atoms with Crippen LogP contribution in [0.5, 0.6) is 0 Å². The van der Waals surface area contributed by atoms with Gasteiger partial charge in [0.15, 0.2) is 0 Å². The van der Waals surface area contributed by atoms with Crippen LogP contribution in [0.1, 0.15) is 27.8 Å². The van der Waals surface area contributed by atoms with Gasteiger partial charge in [0.2, 0.25) is 5.91 Å². The van der Waals surface area contributed by atoms with Crippen LogP contribution in [0.2, 0.25) is 0 Å². The molecule has 0 atom stereocenters. The molecule has 114 valence electrons. The Morgan fingerprint density at radius 1 is 1.05 bits per heavy atom. The number of hydrogen-bond acceptors (Lipinski definition) is 2. The van der Waals surface area contributed by atoms with Crippen LogP contribution in [0.15, 0.2) is 47.6 Å². The fraction of sp³-hybridized carbons (Fsp3) is 0.263. The molecule has 0 fully saturated rings. The van der Waals surface area contributed by atoms with Gasteiger partial charge in [0.1, 0.15) is 0 Å². The number of carbonyl (C=O) groups excluding carboxylic acids is 1. The van der Waals surface area contributed by atoms with E-state index in [1.807, 2.05) is 63.2 Å². The predicted molar refractivity (Wildman–Crippen MR) is 91.2 cm³/mol. The zero-order chi connectivity index (χ0) is 16.1. The lowest BCUT2D eigenvalue weighted by Gasteiger charge is -2.13. The van der Waals surface area contributed by atoms with Crippen molar-refractivity contribution < 1.29 is 4.79 Å². The van der Waals surface area contributed by atoms with Crippen molar-refractivity contribution in [2.24, 2.45) is 5.10 Å². The van der Waals surface area contributed by atoms with E-state index in [2.05, 4.69) is 5.10 Å². The van der Waals surface area contributed by atoms with Crippen molar-refractivity contribution in [2.75, 3.05) is 7.05 Å². The van der Waals surface area contributed by atoms with Gasteiger partial charge in [-0.25, -0.2) is 5.01 Å². The molecule has 0 N–H and O–H groups in total. The van der Waals surface area contributed by atoms with Gasteiger partial charge >= 0.3 is 0 Å². The SMILES string of the molecule is Cc1ccc(/C=N/N(C)C(=O)Cc2c(C)cccc2C)cc1. The first kappa shape index (κ1) is 16.0. The first-order chi connectivity index (χ1) is 10.5. The van der Waals surface area contributed by atoms with Crippen molar-refractivity contribution in [3.8, 4) is 0 Å². The van der Waals surface area contributed by atoms with Crippen LogP contribution in [0, 0.1) is 20.8 Å². The molecule has 2 aromatic rings. The lowest BCUT2D eigenvalue weighted by Crippen LogP contribution is -2.24. The van der Waals surface area contributed by atoms with Crippen molar-refractivity contribution in [2.45, 2.75) is 27.2 Å². The van der Waals surface area contributed by atoms with Crippen LogP contribution < -0.4 is 0 Å². The van der Waals surface area contributed by atoms with Crippen LogP contribution in [0.4, 0.5) is 0 Å². The summed E-state index contributed by atoms with van der Waals surface area (Å²) in [4.78, 5) is 12.3. The standard InChI is InChI=1S/C19H22N2O/c1-14-8-10-17(11-9-14)13-20-21(4)19(22)12-18-15(2)6-5-7-16(18)3/h5-11,13H,12H2,1-4H3/b20-13+. The summed E-state index contributed by atoms with van der Waals surface area (Å²) in [7, 11) is 1.70. The second-order valence-corrected chi connectivity index (χ2v) is 5.62. The molecular weight excluding hydrogens is 272 g/mol. The van der Waals surface area contributed by atoms with E-state index in [9.17, 15) is 4.79 Å². The summed E-state index contributed by atoms with van der Waals surface area (Å²) in [5.74, 6) is -0.0132. The van der Waals surface area contributed by atoms with Gasteiger partial charge in [0, 0.05) is 7.05 Å². The molecule has 22 heavy (non-hydrogen) atoms. The van der Waals surface area contributed by atoms with Gasteiger partial charge < -0.3 is 0 Å². The highest BCUT2D eigenvalue weighted by atomic mass is 16.2. The second kappa shape index (κ2) is 7.03. The molecule has 1 amide bonds. The number of benzene rings is 2. The number of nitrogens with zero attached hydrogens (tertiary/aromatic N) is 2. The second-order valence-electron chi connectivity index (χ2n) is 5.62. The molecule has 0 radical (unpaired) electrons. The van der Waals surface area contributed by atoms with Crippen LogP contribution in [0.3, 0.4) is 0 Å². The maximum atomic E-state index is 12.3. The molecule has 3 heteroatoms. The number of hydrazone groups is 1. The first-order valence-electron chi connectivity index (χ1n) is 7.39. The molecule has 0 spiro atoms. The van der Waals surface area contributed by atoms with Crippen LogP contribution in [-0.4, -0.2) is 24.2 Å². The number of hydrogen-bond donors (Lipinski definition) is 0. The molecule has 0 heterocycles. The molecule has 0 aliphatic carbocycles. The van der Waals surface area contributed by atoms with Gasteiger partial charge in [-0.3, -0.25) is 4.79 Å². The first-order valence-corrected chi connectivity index (χ1v) is 7.39. The Bertz CT molecular complexity index is 667. The molecule has 0 aromatic heterocycles. The molecule has 0 aliphatic heterocycles. The van der Waals surface area contributed by atoms with E-state index in [-0.39, 0.29) is 5.91 Å². The number of aryl methyl sites for hydroxylation is 3. The molecule has 0 unspecified atom stereocenters. The zero-order valence-electron chi connectivity index (χ0n) is 13.6. The van der Waals surface area contributed by atoms with Crippen LogP contribution in [0.25, 0.3) is 0 Å². The molecule has 2 aromatic carbocycles. The average Bonchev–Trinajstić information content (AvgIpc) is 2.50. The average molecular weight is 294 g/mol. The molecular formula is C19H22N2O. The van der Waals surface area contributed by atoms with Gasteiger partial charge in [0.05, 0.1) is 12.6 Å². The predicted octanol–water partition coefficient (Wildman–Crippen LogP) is 3.65. The van der Waals surface area contributed by atoms with Crippen molar-refractivity contribution in [3.05, 3.63) is 70.3 Å². The van der Waals surface area contributed by atoms with E-state index in [0.717, 1.165) is 22.3 Å². The Balaban J connectivity index is 2.04. The van der Waals surface area contributed by atoms with Gasteiger partial charge in [-0.1, -0.05) is 48.0 Å². The Kier molecular flexibility index (Phi) is 5.10. The van der Waals surface area contributed by atoms with Gasteiger partial charge in [-0.15, -0.1) is 0 Å². The monoisotopic (exact) mass is 294 g/mol. The van der Waals surface area contributed by atoms with Gasteiger partial charge in [0.25, 0.3) is 0 Å². The number of likely N-dealkylation sites (N-methyl/N-ethyl adjacent to an activating group) is 1.